The summed E-state index contributed by atoms with van der Waals surface area (Å²) in [5.41, 5.74) is 0. The van der Waals surface area contributed by atoms with Crippen molar-refractivity contribution in [2.75, 3.05) is 13.2 Å². The SMILES string of the molecule is CCCCCCCCC/C=C\CCCCCCCCCC(=O)OC(COC(=O)CCCCCCC/C=C\CCCCCCCCC)COC(=O)CCCCCCCCCCCCCCCCCCCCCCCCCCCCCCCC. The molecule has 484 valence electrons. The van der Waals surface area contributed by atoms with Crippen LogP contribution in [-0.2, 0) is 28.6 Å². The van der Waals surface area contributed by atoms with Gasteiger partial charge in [-0.2, -0.15) is 0 Å². The molecule has 0 aliphatic carbocycles. The normalized spacial score (nSPS) is 12.1. The van der Waals surface area contributed by atoms with Crippen molar-refractivity contribution < 1.29 is 28.6 Å². The van der Waals surface area contributed by atoms with E-state index >= 15 is 0 Å². The summed E-state index contributed by atoms with van der Waals surface area (Å²) < 4.78 is 17.0. The molecule has 0 amide bonds. The number of hydrogen-bond donors (Lipinski definition) is 0. The molecule has 0 fully saturated rings. The van der Waals surface area contributed by atoms with Crippen molar-refractivity contribution in [1.82, 2.24) is 0 Å². The number of allylic oxidation sites excluding steroid dienone is 4. The summed E-state index contributed by atoms with van der Waals surface area (Å²) in [7, 11) is 0. The highest BCUT2D eigenvalue weighted by atomic mass is 16.6. The number of esters is 3. The molecule has 0 aliphatic rings. The molecule has 0 aliphatic heterocycles. The molecule has 6 heteroatoms. The van der Waals surface area contributed by atoms with E-state index in [-0.39, 0.29) is 31.1 Å². The van der Waals surface area contributed by atoms with Gasteiger partial charge in [0.15, 0.2) is 6.10 Å². The van der Waals surface area contributed by atoms with Gasteiger partial charge in [-0.25, -0.2) is 0 Å². The van der Waals surface area contributed by atoms with Crippen LogP contribution in [0.3, 0.4) is 0 Å². The van der Waals surface area contributed by atoms with Crippen LogP contribution >= 0.6 is 0 Å². The van der Waals surface area contributed by atoms with Crippen molar-refractivity contribution in [3.05, 3.63) is 24.3 Å². The highest BCUT2D eigenvalue weighted by Crippen LogP contribution is 2.19. The summed E-state index contributed by atoms with van der Waals surface area (Å²) in [6.07, 6.45) is 88.0. The molecule has 1 atom stereocenters. The molecule has 0 heterocycles. The summed E-state index contributed by atoms with van der Waals surface area (Å²) in [5.74, 6) is -0.851. The Balaban J connectivity index is 4.19. The molecule has 0 bridgehead atoms. The molecule has 0 radical (unpaired) electrons. The lowest BCUT2D eigenvalue weighted by atomic mass is 10.0. The van der Waals surface area contributed by atoms with E-state index in [1.807, 2.05) is 0 Å². The number of unbranched alkanes of at least 4 members (excludes halogenated alkanes) is 55. The molecule has 0 N–H and O–H groups in total. The first kappa shape index (κ1) is 79.9. The van der Waals surface area contributed by atoms with Gasteiger partial charge < -0.3 is 14.2 Å². The molecule has 0 aromatic heterocycles. The van der Waals surface area contributed by atoms with Crippen LogP contribution in [0.1, 0.15) is 425 Å². The number of rotatable bonds is 70. The van der Waals surface area contributed by atoms with Gasteiger partial charge in [0.1, 0.15) is 13.2 Å². The third kappa shape index (κ3) is 68.7. The van der Waals surface area contributed by atoms with E-state index in [9.17, 15) is 14.4 Å². The van der Waals surface area contributed by atoms with Crippen LogP contribution in [-0.4, -0.2) is 37.2 Å². The summed E-state index contributed by atoms with van der Waals surface area (Å²) in [6.45, 7) is 6.71. The Morgan fingerprint density at radius 2 is 0.402 bits per heavy atom. The number of carbonyl (C=O) groups excluding carboxylic acids is 3. The van der Waals surface area contributed by atoms with E-state index in [0.717, 1.165) is 64.2 Å². The quantitative estimate of drug-likeness (QED) is 0.0261. The van der Waals surface area contributed by atoms with Gasteiger partial charge in [-0.1, -0.05) is 360 Å². The van der Waals surface area contributed by atoms with Gasteiger partial charge in [0.2, 0.25) is 0 Å². The highest BCUT2D eigenvalue weighted by molar-refractivity contribution is 5.71. The lowest BCUT2D eigenvalue weighted by Crippen LogP contribution is -2.30. The summed E-state index contributed by atoms with van der Waals surface area (Å²) >= 11 is 0. The van der Waals surface area contributed by atoms with E-state index in [0.29, 0.717) is 19.3 Å². The first-order valence-corrected chi connectivity index (χ1v) is 37.3. The summed E-state index contributed by atoms with van der Waals surface area (Å²) in [6, 6.07) is 0. The number of ether oxygens (including phenoxy) is 3. The molecule has 0 saturated carbocycles. The third-order valence-corrected chi connectivity index (χ3v) is 17.2. The first-order valence-electron chi connectivity index (χ1n) is 37.3. The first-order chi connectivity index (χ1) is 40.5. The molecular formula is C76H144O6. The summed E-state index contributed by atoms with van der Waals surface area (Å²) in [4.78, 5) is 38.5. The van der Waals surface area contributed by atoms with E-state index in [1.54, 1.807) is 0 Å². The molecular weight excluding hydrogens is 1010 g/mol. The van der Waals surface area contributed by atoms with Crippen molar-refractivity contribution in [1.29, 1.82) is 0 Å². The van der Waals surface area contributed by atoms with Gasteiger partial charge in [-0.15, -0.1) is 0 Å². The second-order valence-electron chi connectivity index (χ2n) is 25.6. The zero-order valence-electron chi connectivity index (χ0n) is 55.8. The number of hydrogen-bond acceptors (Lipinski definition) is 6. The van der Waals surface area contributed by atoms with Gasteiger partial charge >= 0.3 is 17.9 Å². The van der Waals surface area contributed by atoms with E-state index in [4.69, 9.17) is 14.2 Å². The minimum Gasteiger partial charge on any atom is -0.462 e. The second-order valence-corrected chi connectivity index (χ2v) is 25.6. The van der Waals surface area contributed by atoms with Crippen molar-refractivity contribution in [3.63, 3.8) is 0 Å². The van der Waals surface area contributed by atoms with Gasteiger partial charge in [-0.3, -0.25) is 14.4 Å². The number of carbonyl (C=O) groups is 3. The Hall–Kier alpha value is -2.11. The fourth-order valence-electron chi connectivity index (χ4n) is 11.6. The fourth-order valence-corrected chi connectivity index (χ4v) is 11.6. The van der Waals surface area contributed by atoms with Crippen molar-refractivity contribution >= 4 is 17.9 Å². The maximum absolute atomic E-state index is 13.0. The average molecular weight is 1150 g/mol. The van der Waals surface area contributed by atoms with Crippen molar-refractivity contribution in [3.8, 4) is 0 Å². The van der Waals surface area contributed by atoms with Crippen molar-refractivity contribution in [2.45, 2.75) is 431 Å². The molecule has 0 aromatic rings. The zero-order valence-corrected chi connectivity index (χ0v) is 55.8. The standard InChI is InChI=1S/C76H144O6/c1-4-7-10-13-16-19-22-25-28-31-33-34-35-36-37-38-39-40-41-42-43-44-46-48-51-54-57-60-63-66-69-75(78)81-72-73(71-80-74(77)68-65-62-59-56-53-50-47-30-27-24-21-18-15-12-9-6-3)82-76(79)70-67-64-61-58-55-52-49-45-32-29-26-23-20-17-14-11-8-5-2/h29-30,32,47,73H,4-28,31,33-46,48-72H2,1-3H3/b32-29-,47-30-. The topological polar surface area (TPSA) is 78.9 Å². The average Bonchev–Trinajstić information content (AvgIpc) is 3.47. The Kier molecular flexibility index (Phi) is 69.5. The lowest BCUT2D eigenvalue weighted by Gasteiger charge is -2.18. The zero-order chi connectivity index (χ0) is 59.2. The Labute approximate surface area is 513 Å². The molecule has 82 heavy (non-hydrogen) atoms. The van der Waals surface area contributed by atoms with Crippen LogP contribution in [0.4, 0.5) is 0 Å². The minimum absolute atomic E-state index is 0.0702. The maximum atomic E-state index is 13.0. The molecule has 0 saturated heterocycles. The Bertz CT molecular complexity index is 1320. The second kappa shape index (κ2) is 71.4. The van der Waals surface area contributed by atoms with Crippen LogP contribution in [0, 0.1) is 0 Å². The molecule has 0 rings (SSSR count). The smallest absolute Gasteiger partial charge is 0.306 e. The third-order valence-electron chi connectivity index (χ3n) is 17.2. The van der Waals surface area contributed by atoms with Gasteiger partial charge in [0.25, 0.3) is 0 Å². The van der Waals surface area contributed by atoms with Gasteiger partial charge in [0, 0.05) is 19.3 Å². The molecule has 0 spiro atoms. The van der Waals surface area contributed by atoms with Gasteiger partial charge in [0.05, 0.1) is 0 Å². The lowest BCUT2D eigenvalue weighted by molar-refractivity contribution is -0.167. The van der Waals surface area contributed by atoms with Crippen LogP contribution < -0.4 is 0 Å². The van der Waals surface area contributed by atoms with E-state index < -0.39 is 6.10 Å². The molecule has 1 unspecified atom stereocenters. The molecule has 6 nitrogen and oxygen atoms in total. The highest BCUT2D eigenvalue weighted by Gasteiger charge is 2.20. The summed E-state index contributed by atoms with van der Waals surface area (Å²) in [5, 5.41) is 0. The van der Waals surface area contributed by atoms with Crippen molar-refractivity contribution in [2.24, 2.45) is 0 Å². The molecule has 0 aromatic carbocycles. The van der Waals surface area contributed by atoms with Crippen LogP contribution in [0.5, 0.6) is 0 Å². The fraction of sp³-hybridized carbons (Fsp3) is 0.908. The Morgan fingerprint density at radius 1 is 0.232 bits per heavy atom. The monoisotopic (exact) mass is 1150 g/mol. The largest absolute Gasteiger partial charge is 0.462 e. The Morgan fingerprint density at radius 3 is 0.610 bits per heavy atom. The van der Waals surface area contributed by atoms with Crippen LogP contribution in [0.15, 0.2) is 24.3 Å². The van der Waals surface area contributed by atoms with Gasteiger partial charge in [-0.05, 0) is 70.6 Å². The maximum Gasteiger partial charge on any atom is 0.306 e. The minimum atomic E-state index is -0.776. The van der Waals surface area contributed by atoms with Crippen LogP contribution in [0.25, 0.3) is 0 Å². The predicted octanol–water partition coefficient (Wildman–Crippen LogP) is 25.7. The van der Waals surface area contributed by atoms with E-state index in [1.165, 1.54) is 321 Å². The van der Waals surface area contributed by atoms with Crippen LogP contribution in [0.2, 0.25) is 0 Å². The van der Waals surface area contributed by atoms with E-state index in [2.05, 4.69) is 45.1 Å². The predicted molar refractivity (Wildman–Crippen MR) is 358 cm³/mol.